The van der Waals surface area contributed by atoms with Crippen LogP contribution in [0.25, 0.3) is 21.3 Å². The van der Waals surface area contributed by atoms with Gasteiger partial charge in [0.05, 0.1) is 30.1 Å². The first-order chi connectivity index (χ1) is 14.1. The summed E-state index contributed by atoms with van der Waals surface area (Å²) < 4.78 is 1.54. The van der Waals surface area contributed by atoms with E-state index in [1.807, 2.05) is 36.6 Å². The first-order valence-corrected chi connectivity index (χ1v) is 10.3. The highest BCUT2D eigenvalue weighted by molar-refractivity contribution is 7.17. The van der Waals surface area contributed by atoms with E-state index in [0.717, 1.165) is 27.2 Å². The molecule has 4 aromatic rings. The molecule has 0 atom stereocenters. The largest absolute Gasteiger partial charge is 0.332 e. The number of aryl methyl sites for hydroxylation is 2. The second kappa shape index (κ2) is 6.97. The second-order valence-corrected chi connectivity index (χ2v) is 8.17. The Kier molecular flexibility index (Phi) is 4.28. The monoisotopic (exact) mass is 405 g/mol. The molecule has 29 heavy (non-hydrogen) atoms. The molecule has 0 spiro atoms. The van der Waals surface area contributed by atoms with Crippen LogP contribution in [0.5, 0.6) is 0 Å². The summed E-state index contributed by atoms with van der Waals surface area (Å²) in [5.74, 6) is 0.0191. The van der Waals surface area contributed by atoms with Crippen molar-refractivity contribution >= 4 is 27.5 Å². The molecular weight excluding hydrogens is 386 g/mol. The van der Waals surface area contributed by atoms with Gasteiger partial charge in [0.15, 0.2) is 0 Å². The summed E-state index contributed by atoms with van der Waals surface area (Å²) in [5.41, 5.74) is 5.01. The van der Waals surface area contributed by atoms with Crippen LogP contribution in [0.3, 0.4) is 0 Å². The smallest absolute Gasteiger partial charge is 0.262 e. The molecule has 1 aliphatic rings. The van der Waals surface area contributed by atoms with Gasteiger partial charge in [-0.1, -0.05) is 29.8 Å². The zero-order valence-corrected chi connectivity index (χ0v) is 16.7. The molecule has 4 heterocycles. The lowest BCUT2D eigenvalue weighted by Crippen LogP contribution is -2.29. The lowest BCUT2D eigenvalue weighted by atomic mass is 10.1. The number of hydrogen-bond donors (Lipinski definition) is 1. The number of nitrogens with one attached hydrogen (secondary N) is 1. The van der Waals surface area contributed by atoms with Crippen molar-refractivity contribution in [1.82, 2.24) is 24.6 Å². The fourth-order valence-corrected chi connectivity index (χ4v) is 4.59. The van der Waals surface area contributed by atoms with E-state index in [2.05, 4.69) is 15.2 Å². The van der Waals surface area contributed by atoms with Crippen molar-refractivity contribution in [3.05, 3.63) is 69.3 Å². The number of fused-ring (bicyclic) bond motifs is 2. The molecule has 3 aromatic heterocycles. The number of amides is 1. The molecule has 7 nitrogen and oxygen atoms in total. The zero-order valence-electron chi connectivity index (χ0n) is 15.9. The fourth-order valence-electron chi connectivity index (χ4n) is 3.69. The molecule has 0 saturated heterocycles. The summed E-state index contributed by atoms with van der Waals surface area (Å²) in [4.78, 5) is 32.7. The van der Waals surface area contributed by atoms with Crippen LogP contribution in [-0.2, 0) is 24.4 Å². The van der Waals surface area contributed by atoms with Crippen LogP contribution >= 0.6 is 11.3 Å². The summed E-state index contributed by atoms with van der Waals surface area (Å²) in [7, 11) is 0. The number of nitrogens with zero attached hydrogens (tertiary/aromatic N) is 4. The minimum Gasteiger partial charge on any atom is -0.332 e. The second-order valence-electron chi connectivity index (χ2n) is 7.31. The van der Waals surface area contributed by atoms with Crippen LogP contribution in [0, 0.1) is 6.92 Å². The Morgan fingerprint density at radius 2 is 2.07 bits per heavy atom. The van der Waals surface area contributed by atoms with Crippen LogP contribution in [0.15, 0.2) is 47.0 Å². The molecule has 1 amide bonds. The molecule has 5 rings (SSSR count). The minimum absolute atomic E-state index is 0.0191. The van der Waals surface area contributed by atoms with Crippen molar-refractivity contribution in [3.63, 3.8) is 0 Å². The zero-order chi connectivity index (χ0) is 20.0. The third-order valence-electron chi connectivity index (χ3n) is 5.36. The topological polar surface area (TPSA) is 83.9 Å². The SMILES string of the molecule is Cc1ccc(-c2csc3ncn(CCC(=O)N4Cc5cn[nH]c5C4)c(=O)c23)cc1. The van der Waals surface area contributed by atoms with E-state index in [-0.39, 0.29) is 17.9 Å². The molecule has 1 aromatic carbocycles. The number of rotatable bonds is 4. The van der Waals surface area contributed by atoms with Gasteiger partial charge in [-0.25, -0.2) is 4.98 Å². The maximum atomic E-state index is 13.1. The highest BCUT2D eigenvalue weighted by atomic mass is 32.1. The predicted molar refractivity (Wildman–Crippen MR) is 112 cm³/mol. The summed E-state index contributed by atoms with van der Waals surface area (Å²) in [6.45, 7) is 3.46. The van der Waals surface area contributed by atoms with Crippen molar-refractivity contribution in [2.45, 2.75) is 33.0 Å². The number of H-pyrrole nitrogens is 1. The first-order valence-electron chi connectivity index (χ1n) is 9.43. The number of aromatic amines is 1. The van der Waals surface area contributed by atoms with Gasteiger partial charge >= 0.3 is 0 Å². The summed E-state index contributed by atoms with van der Waals surface area (Å²) >= 11 is 1.47. The van der Waals surface area contributed by atoms with Gasteiger partial charge in [0.25, 0.3) is 5.56 Å². The normalized spacial score (nSPS) is 13.2. The van der Waals surface area contributed by atoms with E-state index in [1.165, 1.54) is 16.9 Å². The summed E-state index contributed by atoms with van der Waals surface area (Å²) in [5, 5.41) is 9.51. The van der Waals surface area contributed by atoms with Crippen molar-refractivity contribution in [1.29, 1.82) is 0 Å². The Labute approximate surface area is 170 Å². The Morgan fingerprint density at radius 3 is 2.86 bits per heavy atom. The van der Waals surface area contributed by atoms with Gasteiger partial charge in [0, 0.05) is 36.0 Å². The number of aromatic nitrogens is 4. The average molecular weight is 405 g/mol. The average Bonchev–Trinajstić information content (AvgIpc) is 3.42. The van der Waals surface area contributed by atoms with E-state index in [1.54, 1.807) is 22.0 Å². The standard InChI is InChI=1S/C21H19N5O2S/c1-13-2-4-14(5-3-13)16-11-29-20-19(16)21(28)25(12-22-20)7-6-18(27)26-9-15-8-23-24-17(15)10-26/h2-5,8,11-12H,6-7,9-10H2,1H3,(H,23,24). The van der Waals surface area contributed by atoms with Crippen molar-refractivity contribution in [2.75, 3.05) is 0 Å². The minimum atomic E-state index is -0.101. The van der Waals surface area contributed by atoms with Gasteiger partial charge in [-0.2, -0.15) is 5.10 Å². The molecule has 1 N–H and O–H groups in total. The molecule has 1 aliphatic heterocycles. The number of hydrogen-bond acceptors (Lipinski definition) is 5. The van der Waals surface area contributed by atoms with Crippen LogP contribution in [-0.4, -0.2) is 30.6 Å². The van der Waals surface area contributed by atoms with Crippen LogP contribution < -0.4 is 5.56 Å². The highest BCUT2D eigenvalue weighted by Crippen LogP contribution is 2.30. The predicted octanol–water partition coefficient (Wildman–Crippen LogP) is 3.09. The third-order valence-corrected chi connectivity index (χ3v) is 6.25. The van der Waals surface area contributed by atoms with Gasteiger partial charge in [-0.05, 0) is 12.5 Å². The van der Waals surface area contributed by atoms with Crippen LogP contribution in [0.2, 0.25) is 0 Å². The lowest BCUT2D eigenvalue weighted by molar-refractivity contribution is -0.132. The number of carbonyl (C=O) groups excluding carboxylic acids is 1. The van der Waals surface area contributed by atoms with E-state index in [9.17, 15) is 9.59 Å². The molecule has 8 heteroatoms. The maximum Gasteiger partial charge on any atom is 0.262 e. The Hall–Kier alpha value is -3.26. The Balaban J connectivity index is 1.38. The van der Waals surface area contributed by atoms with Crippen molar-refractivity contribution in [2.24, 2.45) is 0 Å². The Morgan fingerprint density at radius 1 is 1.24 bits per heavy atom. The van der Waals surface area contributed by atoms with E-state index in [0.29, 0.717) is 25.0 Å². The van der Waals surface area contributed by atoms with Gasteiger partial charge in [-0.3, -0.25) is 19.3 Å². The quantitative estimate of drug-likeness (QED) is 0.566. The van der Waals surface area contributed by atoms with Crippen LogP contribution in [0.4, 0.5) is 0 Å². The molecule has 146 valence electrons. The highest BCUT2D eigenvalue weighted by Gasteiger charge is 2.24. The molecule has 0 unspecified atom stereocenters. The molecule has 0 bridgehead atoms. The van der Waals surface area contributed by atoms with Gasteiger partial charge in [0.1, 0.15) is 4.83 Å². The van der Waals surface area contributed by atoms with Gasteiger partial charge in [0.2, 0.25) is 5.91 Å². The number of carbonyl (C=O) groups is 1. The van der Waals surface area contributed by atoms with E-state index in [4.69, 9.17) is 0 Å². The van der Waals surface area contributed by atoms with Gasteiger partial charge < -0.3 is 4.90 Å². The molecule has 0 fully saturated rings. The van der Waals surface area contributed by atoms with Crippen molar-refractivity contribution in [3.8, 4) is 11.1 Å². The van der Waals surface area contributed by atoms with Crippen LogP contribution in [0.1, 0.15) is 23.2 Å². The van der Waals surface area contributed by atoms with Crippen molar-refractivity contribution < 1.29 is 4.79 Å². The molecular formula is C21H19N5O2S. The Bertz CT molecular complexity index is 1250. The number of benzene rings is 1. The maximum absolute atomic E-state index is 13.1. The van der Waals surface area contributed by atoms with E-state index < -0.39 is 0 Å². The first kappa shape index (κ1) is 17.8. The summed E-state index contributed by atoms with van der Waals surface area (Å²) in [6, 6.07) is 8.11. The van der Waals surface area contributed by atoms with E-state index >= 15 is 0 Å². The fraction of sp³-hybridized carbons (Fsp3) is 0.238. The molecule has 0 aliphatic carbocycles. The number of thiophene rings is 1. The molecule has 0 radical (unpaired) electrons. The lowest BCUT2D eigenvalue weighted by Gasteiger charge is -2.15. The van der Waals surface area contributed by atoms with Gasteiger partial charge in [-0.15, -0.1) is 11.3 Å². The third kappa shape index (κ3) is 3.15. The summed E-state index contributed by atoms with van der Waals surface area (Å²) in [6.07, 6.45) is 3.56. The molecule has 0 saturated carbocycles.